The van der Waals surface area contributed by atoms with Gasteiger partial charge < -0.3 is 10.8 Å². The fourth-order valence-electron chi connectivity index (χ4n) is 1.58. The predicted molar refractivity (Wildman–Crippen MR) is 54.7 cm³/mol. The molecule has 3 N–H and O–H groups in total. The summed E-state index contributed by atoms with van der Waals surface area (Å²) in [6, 6.07) is 1.92. The normalized spacial score (nSPS) is 14.5. The van der Waals surface area contributed by atoms with Gasteiger partial charge in [0.05, 0.1) is 5.92 Å². The molecule has 1 aromatic rings. The van der Waals surface area contributed by atoms with Crippen molar-refractivity contribution < 1.29 is 18.7 Å². The van der Waals surface area contributed by atoms with Crippen molar-refractivity contribution in [3.8, 4) is 0 Å². The second-order valence-electron chi connectivity index (χ2n) is 3.58. The molecule has 3 nitrogen and oxygen atoms in total. The van der Waals surface area contributed by atoms with Gasteiger partial charge in [0, 0.05) is 12.1 Å². The van der Waals surface area contributed by atoms with Crippen molar-refractivity contribution in [1.82, 2.24) is 0 Å². The molecule has 5 heteroatoms. The monoisotopic (exact) mass is 229 g/mol. The number of halogens is 2. The Hall–Kier alpha value is -1.49. The number of aliphatic carboxylic acids is 1. The summed E-state index contributed by atoms with van der Waals surface area (Å²) >= 11 is 0. The van der Waals surface area contributed by atoms with E-state index in [9.17, 15) is 13.6 Å². The SMILES string of the molecule is CCC(C(=O)O)C(N)c1cc(F)cc(F)c1. The van der Waals surface area contributed by atoms with Crippen molar-refractivity contribution in [3.63, 3.8) is 0 Å². The number of carbonyl (C=O) groups is 1. The van der Waals surface area contributed by atoms with Crippen molar-refractivity contribution in [1.29, 1.82) is 0 Å². The maximum absolute atomic E-state index is 12.9. The van der Waals surface area contributed by atoms with Crippen molar-refractivity contribution >= 4 is 5.97 Å². The molecule has 0 aromatic heterocycles. The molecule has 0 heterocycles. The van der Waals surface area contributed by atoms with Gasteiger partial charge in [-0.05, 0) is 24.1 Å². The quantitative estimate of drug-likeness (QED) is 0.830. The van der Waals surface area contributed by atoms with E-state index in [-0.39, 0.29) is 5.56 Å². The van der Waals surface area contributed by atoms with Crippen LogP contribution in [-0.4, -0.2) is 11.1 Å². The van der Waals surface area contributed by atoms with Crippen LogP contribution in [-0.2, 0) is 4.79 Å². The Morgan fingerprint density at radius 2 is 1.88 bits per heavy atom. The highest BCUT2D eigenvalue weighted by Crippen LogP contribution is 2.24. The van der Waals surface area contributed by atoms with E-state index < -0.39 is 29.6 Å². The predicted octanol–water partition coefficient (Wildman–Crippen LogP) is 2.08. The first-order chi connectivity index (χ1) is 7.45. The van der Waals surface area contributed by atoms with Crippen LogP contribution in [0.2, 0.25) is 0 Å². The van der Waals surface area contributed by atoms with Crippen LogP contribution in [0.1, 0.15) is 24.9 Å². The third kappa shape index (κ3) is 2.76. The summed E-state index contributed by atoms with van der Waals surface area (Å²) in [5.74, 6) is -3.43. The van der Waals surface area contributed by atoms with E-state index in [1.54, 1.807) is 6.92 Å². The second-order valence-corrected chi connectivity index (χ2v) is 3.58. The summed E-state index contributed by atoms with van der Waals surface area (Å²) in [5.41, 5.74) is 5.83. The number of hydrogen-bond donors (Lipinski definition) is 2. The molecular weight excluding hydrogens is 216 g/mol. The Bertz CT molecular complexity index is 375. The lowest BCUT2D eigenvalue weighted by molar-refractivity contribution is -0.142. The molecule has 0 aliphatic heterocycles. The molecule has 0 aliphatic rings. The van der Waals surface area contributed by atoms with E-state index in [2.05, 4.69) is 0 Å². The van der Waals surface area contributed by atoms with Gasteiger partial charge in [0.25, 0.3) is 0 Å². The molecule has 0 saturated heterocycles. The molecule has 2 unspecified atom stereocenters. The van der Waals surface area contributed by atoms with Crippen LogP contribution in [0, 0.1) is 17.6 Å². The van der Waals surface area contributed by atoms with E-state index in [4.69, 9.17) is 10.8 Å². The summed E-state index contributed by atoms with van der Waals surface area (Å²) < 4.78 is 25.8. The van der Waals surface area contributed by atoms with Crippen LogP contribution in [0.5, 0.6) is 0 Å². The highest BCUT2D eigenvalue weighted by atomic mass is 19.1. The van der Waals surface area contributed by atoms with Gasteiger partial charge in [0.1, 0.15) is 11.6 Å². The van der Waals surface area contributed by atoms with Gasteiger partial charge in [-0.25, -0.2) is 8.78 Å². The molecule has 2 atom stereocenters. The minimum atomic E-state index is -1.07. The first-order valence-electron chi connectivity index (χ1n) is 4.90. The molecule has 0 fully saturated rings. The Morgan fingerprint density at radius 1 is 1.38 bits per heavy atom. The van der Waals surface area contributed by atoms with Crippen LogP contribution >= 0.6 is 0 Å². The summed E-state index contributed by atoms with van der Waals surface area (Å²) in [5, 5.41) is 8.88. The molecule has 16 heavy (non-hydrogen) atoms. The van der Waals surface area contributed by atoms with E-state index in [0.717, 1.165) is 18.2 Å². The first kappa shape index (κ1) is 12.6. The third-order valence-corrected chi connectivity index (χ3v) is 2.46. The van der Waals surface area contributed by atoms with Crippen LogP contribution in [0.15, 0.2) is 18.2 Å². The van der Waals surface area contributed by atoms with Crippen LogP contribution in [0.4, 0.5) is 8.78 Å². The Labute approximate surface area is 91.9 Å². The van der Waals surface area contributed by atoms with Gasteiger partial charge in [0.2, 0.25) is 0 Å². The lowest BCUT2D eigenvalue weighted by Crippen LogP contribution is -2.27. The Balaban J connectivity index is 3.02. The third-order valence-electron chi connectivity index (χ3n) is 2.46. The maximum atomic E-state index is 12.9. The molecule has 0 saturated carbocycles. The number of carboxylic acid groups (broad SMARTS) is 1. The summed E-state index contributed by atoms with van der Waals surface area (Å²) in [6.07, 6.45) is 0.300. The highest BCUT2D eigenvalue weighted by molar-refractivity contribution is 5.71. The zero-order chi connectivity index (χ0) is 12.3. The smallest absolute Gasteiger partial charge is 0.308 e. The van der Waals surface area contributed by atoms with Crippen molar-refractivity contribution in [3.05, 3.63) is 35.4 Å². The average molecular weight is 229 g/mol. The van der Waals surface area contributed by atoms with Crippen LogP contribution < -0.4 is 5.73 Å². The molecular formula is C11H13F2NO2. The topological polar surface area (TPSA) is 63.3 Å². The molecule has 0 radical (unpaired) electrons. The first-order valence-corrected chi connectivity index (χ1v) is 4.90. The lowest BCUT2D eigenvalue weighted by atomic mass is 9.91. The molecule has 88 valence electrons. The minimum Gasteiger partial charge on any atom is -0.481 e. The van der Waals surface area contributed by atoms with Crippen LogP contribution in [0.25, 0.3) is 0 Å². The number of hydrogen-bond acceptors (Lipinski definition) is 2. The number of nitrogens with two attached hydrogens (primary N) is 1. The molecule has 0 bridgehead atoms. The highest BCUT2D eigenvalue weighted by Gasteiger charge is 2.25. The summed E-state index contributed by atoms with van der Waals surface area (Å²) in [6.45, 7) is 1.66. The summed E-state index contributed by atoms with van der Waals surface area (Å²) in [4.78, 5) is 10.8. The zero-order valence-electron chi connectivity index (χ0n) is 8.78. The van der Waals surface area contributed by atoms with Gasteiger partial charge >= 0.3 is 5.97 Å². The standard InChI is InChI=1S/C11H13F2NO2/c1-2-9(11(15)16)10(14)6-3-7(12)5-8(13)4-6/h3-5,9-10H,2,14H2,1H3,(H,15,16). The summed E-state index contributed by atoms with van der Waals surface area (Å²) in [7, 11) is 0. The second kappa shape index (κ2) is 5.03. The minimum absolute atomic E-state index is 0.159. The largest absolute Gasteiger partial charge is 0.481 e. The zero-order valence-corrected chi connectivity index (χ0v) is 8.78. The molecule has 0 amide bonds. The molecule has 1 aromatic carbocycles. The van der Waals surface area contributed by atoms with Gasteiger partial charge in [-0.3, -0.25) is 4.79 Å². The molecule has 0 aliphatic carbocycles. The van der Waals surface area contributed by atoms with Gasteiger partial charge in [-0.2, -0.15) is 0 Å². The lowest BCUT2D eigenvalue weighted by Gasteiger charge is -2.19. The van der Waals surface area contributed by atoms with E-state index in [0.29, 0.717) is 6.42 Å². The molecule has 1 rings (SSSR count). The van der Waals surface area contributed by atoms with E-state index in [1.807, 2.05) is 0 Å². The van der Waals surface area contributed by atoms with Crippen molar-refractivity contribution in [2.24, 2.45) is 11.7 Å². The fraction of sp³-hybridized carbons (Fsp3) is 0.364. The van der Waals surface area contributed by atoms with Crippen molar-refractivity contribution in [2.45, 2.75) is 19.4 Å². The number of carboxylic acids is 1. The van der Waals surface area contributed by atoms with E-state index in [1.165, 1.54) is 0 Å². The average Bonchev–Trinajstić information content (AvgIpc) is 2.16. The Morgan fingerprint density at radius 3 is 2.25 bits per heavy atom. The van der Waals surface area contributed by atoms with Crippen molar-refractivity contribution in [2.75, 3.05) is 0 Å². The fourth-order valence-corrected chi connectivity index (χ4v) is 1.58. The number of benzene rings is 1. The van der Waals surface area contributed by atoms with E-state index >= 15 is 0 Å². The van der Waals surface area contributed by atoms with Gasteiger partial charge in [0.15, 0.2) is 0 Å². The maximum Gasteiger partial charge on any atom is 0.308 e. The number of rotatable bonds is 4. The van der Waals surface area contributed by atoms with Gasteiger partial charge in [-0.15, -0.1) is 0 Å². The Kier molecular flexibility index (Phi) is 3.95. The molecule has 0 spiro atoms. The van der Waals surface area contributed by atoms with Crippen LogP contribution in [0.3, 0.4) is 0 Å². The van der Waals surface area contributed by atoms with Gasteiger partial charge in [-0.1, -0.05) is 6.92 Å².